The normalized spacial score (nSPS) is 10.4. The van der Waals surface area contributed by atoms with Gasteiger partial charge < -0.3 is 19.7 Å². The van der Waals surface area contributed by atoms with Crippen molar-refractivity contribution in [2.24, 2.45) is 0 Å². The van der Waals surface area contributed by atoms with Crippen LogP contribution in [0.25, 0.3) is 5.69 Å². The molecular weight excluding hydrogens is 302 g/mol. The van der Waals surface area contributed by atoms with Crippen molar-refractivity contribution in [1.82, 2.24) is 4.57 Å². The van der Waals surface area contributed by atoms with E-state index in [0.717, 1.165) is 0 Å². The molecule has 2 aromatic rings. The van der Waals surface area contributed by atoms with Crippen LogP contribution in [-0.4, -0.2) is 40.2 Å². The molecule has 1 aromatic carbocycles. The van der Waals surface area contributed by atoms with Gasteiger partial charge in [0.05, 0.1) is 13.7 Å². The van der Waals surface area contributed by atoms with Gasteiger partial charge in [-0.05, 0) is 31.2 Å². The molecule has 0 bridgehead atoms. The lowest BCUT2D eigenvalue weighted by atomic mass is 10.2. The molecule has 0 atom stereocenters. The Bertz CT molecular complexity index is 745. The van der Waals surface area contributed by atoms with Crippen molar-refractivity contribution in [3.63, 3.8) is 0 Å². The molecule has 7 nitrogen and oxygen atoms in total. The number of esters is 1. The van der Waals surface area contributed by atoms with Crippen molar-refractivity contribution in [1.29, 1.82) is 0 Å². The van der Waals surface area contributed by atoms with Crippen LogP contribution in [0.3, 0.4) is 0 Å². The number of benzene rings is 1. The molecule has 122 valence electrons. The third kappa shape index (κ3) is 2.85. The van der Waals surface area contributed by atoms with Gasteiger partial charge in [-0.2, -0.15) is 0 Å². The van der Waals surface area contributed by atoms with Gasteiger partial charge in [-0.25, -0.2) is 4.79 Å². The van der Waals surface area contributed by atoms with E-state index < -0.39 is 23.3 Å². The van der Waals surface area contributed by atoms with Crippen LogP contribution in [0.4, 0.5) is 0 Å². The van der Waals surface area contributed by atoms with Gasteiger partial charge in [0.25, 0.3) is 0 Å². The Labute approximate surface area is 132 Å². The van der Waals surface area contributed by atoms with Gasteiger partial charge in [-0.1, -0.05) is 0 Å². The third-order valence-electron chi connectivity index (χ3n) is 3.25. The second kappa shape index (κ2) is 6.43. The van der Waals surface area contributed by atoms with Gasteiger partial charge in [0.15, 0.2) is 23.0 Å². The summed E-state index contributed by atoms with van der Waals surface area (Å²) in [6.45, 7) is 2.92. The molecule has 0 aliphatic rings. The Morgan fingerprint density at radius 1 is 1.09 bits per heavy atom. The molecule has 0 aliphatic carbocycles. The van der Waals surface area contributed by atoms with Gasteiger partial charge in [-0.15, -0.1) is 0 Å². The predicted molar refractivity (Wildman–Crippen MR) is 81.6 cm³/mol. The minimum Gasteiger partial charge on any atom is -0.503 e. The van der Waals surface area contributed by atoms with Gasteiger partial charge in [0.1, 0.15) is 11.4 Å². The van der Waals surface area contributed by atoms with Crippen molar-refractivity contribution in [3.05, 3.63) is 35.7 Å². The van der Waals surface area contributed by atoms with Gasteiger partial charge in [0.2, 0.25) is 0 Å². The molecule has 2 N–H and O–H groups in total. The van der Waals surface area contributed by atoms with Gasteiger partial charge >= 0.3 is 5.97 Å². The number of nitrogens with zero attached hydrogens (tertiary/aromatic N) is 1. The summed E-state index contributed by atoms with van der Waals surface area (Å²) in [5, 5.41) is 20.1. The summed E-state index contributed by atoms with van der Waals surface area (Å²) >= 11 is 0. The molecule has 7 heteroatoms. The van der Waals surface area contributed by atoms with E-state index in [1.165, 1.54) is 18.6 Å². The summed E-state index contributed by atoms with van der Waals surface area (Å²) in [7, 11) is 1.51. The highest BCUT2D eigenvalue weighted by Crippen LogP contribution is 2.39. The standard InChI is InChI=1S/C16H17NO6/c1-4-23-16(21)13-15(20)14(19)12(9(2)18)17(13)10-5-7-11(22-3)8-6-10/h5-8,19-20H,4H2,1-3H3. The summed E-state index contributed by atoms with van der Waals surface area (Å²) in [6, 6.07) is 6.43. The summed E-state index contributed by atoms with van der Waals surface area (Å²) in [5.74, 6) is -2.12. The third-order valence-corrected chi connectivity index (χ3v) is 3.25. The Kier molecular flexibility index (Phi) is 4.59. The quantitative estimate of drug-likeness (QED) is 0.648. The number of rotatable bonds is 5. The first-order valence-corrected chi connectivity index (χ1v) is 6.91. The molecule has 1 aromatic heterocycles. The maximum absolute atomic E-state index is 12.1. The average Bonchev–Trinajstić information content (AvgIpc) is 2.80. The van der Waals surface area contributed by atoms with E-state index in [-0.39, 0.29) is 18.0 Å². The molecule has 0 unspecified atom stereocenters. The molecule has 0 aliphatic heterocycles. The molecule has 23 heavy (non-hydrogen) atoms. The van der Waals surface area contributed by atoms with Crippen molar-refractivity contribution in [3.8, 4) is 22.9 Å². The minimum atomic E-state index is -0.844. The molecule has 0 spiro atoms. The summed E-state index contributed by atoms with van der Waals surface area (Å²) < 4.78 is 11.1. The molecule has 0 saturated heterocycles. The Morgan fingerprint density at radius 3 is 2.13 bits per heavy atom. The zero-order valence-electron chi connectivity index (χ0n) is 13.0. The van der Waals surface area contributed by atoms with Crippen molar-refractivity contribution in [2.75, 3.05) is 13.7 Å². The van der Waals surface area contributed by atoms with Crippen LogP contribution < -0.4 is 4.74 Å². The number of methoxy groups -OCH3 is 1. The van der Waals surface area contributed by atoms with Crippen LogP contribution in [0.2, 0.25) is 0 Å². The number of aromatic nitrogens is 1. The van der Waals surface area contributed by atoms with Crippen LogP contribution in [0.15, 0.2) is 24.3 Å². The van der Waals surface area contributed by atoms with Crippen LogP contribution in [0, 0.1) is 0 Å². The Balaban J connectivity index is 2.74. The van der Waals surface area contributed by atoms with E-state index in [9.17, 15) is 19.8 Å². The van der Waals surface area contributed by atoms with E-state index in [4.69, 9.17) is 9.47 Å². The lowest BCUT2D eigenvalue weighted by Crippen LogP contribution is -2.14. The number of aromatic hydroxyl groups is 2. The second-order valence-electron chi connectivity index (χ2n) is 4.70. The van der Waals surface area contributed by atoms with E-state index >= 15 is 0 Å². The smallest absolute Gasteiger partial charge is 0.359 e. The number of carbonyl (C=O) groups is 2. The molecule has 2 rings (SSSR count). The van der Waals surface area contributed by atoms with E-state index in [2.05, 4.69) is 0 Å². The molecule has 0 amide bonds. The van der Waals surface area contributed by atoms with Crippen molar-refractivity contribution < 1.29 is 29.3 Å². The number of carbonyl (C=O) groups excluding carboxylic acids is 2. The lowest BCUT2D eigenvalue weighted by molar-refractivity contribution is 0.0513. The van der Waals surface area contributed by atoms with Crippen LogP contribution in [0.5, 0.6) is 17.2 Å². The summed E-state index contributed by atoms with van der Waals surface area (Å²) in [4.78, 5) is 24.0. The van der Waals surface area contributed by atoms with E-state index in [1.54, 1.807) is 31.2 Å². The molecule has 0 saturated carbocycles. The highest BCUT2D eigenvalue weighted by Gasteiger charge is 2.30. The highest BCUT2D eigenvalue weighted by atomic mass is 16.5. The van der Waals surface area contributed by atoms with E-state index in [0.29, 0.717) is 11.4 Å². The summed E-state index contributed by atoms with van der Waals surface area (Å²) in [6.07, 6.45) is 0. The van der Waals surface area contributed by atoms with Gasteiger partial charge in [-0.3, -0.25) is 9.36 Å². The number of hydrogen-bond donors (Lipinski definition) is 2. The average molecular weight is 319 g/mol. The number of Topliss-reactive ketones (excluding diaryl/α,β-unsaturated/α-hetero) is 1. The zero-order valence-corrected chi connectivity index (χ0v) is 13.0. The fourth-order valence-electron chi connectivity index (χ4n) is 2.25. The maximum Gasteiger partial charge on any atom is 0.359 e. The number of ether oxygens (including phenoxy) is 2. The predicted octanol–water partition coefficient (Wildman–Crippen LogP) is 2.28. The minimum absolute atomic E-state index is 0.0855. The lowest BCUT2D eigenvalue weighted by Gasteiger charge is -2.11. The molecular formula is C16H17NO6. The van der Waals surface area contributed by atoms with E-state index in [1.807, 2.05) is 0 Å². The van der Waals surface area contributed by atoms with Crippen LogP contribution >= 0.6 is 0 Å². The SMILES string of the molecule is CCOC(=O)c1c(O)c(O)c(C(C)=O)n1-c1ccc(OC)cc1. The first-order chi connectivity index (χ1) is 10.9. The maximum atomic E-state index is 12.1. The van der Waals surface area contributed by atoms with Crippen LogP contribution in [0.1, 0.15) is 34.8 Å². The molecule has 0 radical (unpaired) electrons. The number of hydrogen-bond acceptors (Lipinski definition) is 6. The van der Waals surface area contributed by atoms with Crippen molar-refractivity contribution in [2.45, 2.75) is 13.8 Å². The Hall–Kier alpha value is -2.96. The fourth-order valence-corrected chi connectivity index (χ4v) is 2.25. The molecule has 0 fully saturated rings. The van der Waals surface area contributed by atoms with Crippen LogP contribution in [-0.2, 0) is 4.74 Å². The number of ketones is 1. The topological polar surface area (TPSA) is 98.0 Å². The highest BCUT2D eigenvalue weighted by molar-refractivity contribution is 6.02. The first-order valence-electron chi connectivity index (χ1n) is 6.91. The second-order valence-corrected chi connectivity index (χ2v) is 4.70. The largest absolute Gasteiger partial charge is 0.503 e. The summed E-state index contributed by atoms with van der Waals surface area (Å²) in [5.41, 5.74) is -0.106. The fraction of sp³-hybridized carbons (Fsp3) is 0.250. The van der Waals surface area contributed by atoms with Gasteiger partial charge in [0, 0.05) is 12.6 Å². The molecule has 1 heterocycles. The van der Waals surface area contributed by atoms with Crippen molar-refractivity contribution >= 4 is 11.8 Å². The monoisotopic (exact) mass is 319 g/mol. The zero-order chi connectivity index (χ0) is 17.1. The Morgan fingerprint density at radius 2 is 1.65 bits per heavy atom. The first kappa shape index (κ1) is 16.4.